The van der Waals surface area contributed by atoms with E-state index in [4.69, 9.17) is 0 Å². The molecule has 0 spiro atoms. The molecule has 14 heavy (non-hydrogen) atoms. The molecule has 0 aliphatic carbocycles. The summed E-state index contributed by atoms with van der Waals surface area (Å²) < 4.78 is 0. The van der Waals surface area contributed by atoms with Gasteiger partial charge >= 0.3 is 0 Å². The Morgan fingerprint density at radius 1 is 1.36 bits per heavy atom. The lowest BCUT2D eigenvalue weighted by molar-refractivity contribution is 0.475. The first kappa shape index (κ1) is 10.5. The average molecular weight is 191 g/mol. The van der Waals surface area contributed by atoms with Gasteiger partial charge < -0.3 is 5.11 Å². The highest BCUT2D eigenvalue weighted by atomic mass is 16.3. The predicted molar refractivity (Wildman–Crippen MR) is 54.6 cm³/mol. The van der Waals surface area contributed by atoms with Crippen LogP contribution in [0.4, 0.5) is 5.69 Å². The molecule has 1 rings (SSSR count). The average Bonchev–Trinajstić information content (AvgIpc) is 2.07. The molecule has 0 fully saturated rings. The number of rotatable bonds is 1. The van der Waals surface area contributed by atoms with Gasteiger partial charge in [-0.3, -0.25) is 0 Å². The maximum Gasteiger partial charge on any atom is 0.240 e. The summed E-state index contributed by atoms with van der Waals surface area (Å²) in [5.41, 5.74) is 1.26. The second-order valence-corrected chi connectivity index (χ2v) is 4.16. The standard InChI is InChI=1S/C11H13NO2/c1-11(2,3)8-4-5-10(14)9(6-8)12-7-13/h4-6,14H,1-3H3. The Hall–Kier alpha value is -1.60. The molecule has 0 aliphatic heterocycles. The van der Waals surface area contributed by atoms with E-state index in [1.807, 2.05) is 26.8 Å². The molecule has 1 N–H and O–H groups in total. The zero-order valence-electron chi connectivity index (χ0n) is 8.53. The van der Waals surface area contributed by atoms with Crippen LogP contribution in [0.5, 0.6) is 5.75 Å². The molecule has 0 unspecified atom stereocenters. The van der Waals surface area contributed by atoms with Gasteiger partial charge in [0.2, 0.25) is 6.08 Å². The molecule has 0 radical (unpaired) electrons. The zero-order chi connectivity index (χ0) is 10.8. The van der Waals surface area contributed by atoms with Gasteiger partial charge in [-0.25, -0.2) is 4.79 Å². The molecular weight excluding hydrogens is 178 g/mol. The molecule has 0 aromatic heterocycles. The van der Waals surface area contributed by atoms with E-state index in [-0.39, 0.29) is 16.9 Å². The number of benzene rings is 1. The van der Waals surface area contributed by atoms with Gasteiger partial charge in [0, 0.05) is 0 Å². The number of carbonyl (C=O) groups excluding carboxylic acids is 1. The summed E-state index contributed by atoms with van der Waals surface area (Å²) in [4.78, 5) is 13.5. The largest absolute Gasteiger partial charge is 0.506 e. The lowest BCUT2D eigenvalue weighted by Crippen LogP contribution is -2.10. The summed E-state index contributed by atoms with van der Waals surface area (Å²) in [5.74, 6) is 0.00125. The second kappa shape index (κ2) is 3.64. The van der Waals surface area contributed by atoms with Crippen molar-refractivity contribution < 1.29 is 9.90 Å². The maximum absolute atomic E-state index is 10.1. The van der Waals surface area contributed by atoms with Crippen LogP contribution in [0.15, 0.2) is 23.2 Å². The Morgan fingerprint density at radius 3 is 2.50 bits per heavy atom. The molecule has 0 amide bonds. The van der Waals surface area contributed by atoms with Crippen molar-refractivity contribution in [3.05, 3.63) is 23.8 Å². The van der Waals surface area contributed by atoms with Crippen molar-refractivity contribution in [2.45, 2.75) is 26.2 Å². The third-order valence-electron chi connectivity index (χ3n) is 2.01. The molecule has 0 aliphatic rings. The summed E-state index contributed by atoms with van der Waals surface area (Å²) >= 11 is 0. The minimum Gasteiger partial charge on any atom is -0.506 e. The van der Waals surface area contributed by atoms with Crippen LogP contribution >= 0.6 is 0 Å². The van der Waals surface area contributed by atoms with Crippen LogP contribution in [0, 0.1) is 0 Å². The second-order valence-electron chi connectivity index (χ2n) is 4.16. The topological polar surface area (TPSA) is 49.7 Å². The Kier molecular flexibility index (Phi) is 2.73. The monoisotopic (exact) mass is 191 g/mol. The lowest BCUT2D eigenvalue weighted by Gasteiger charge is -2.19. The fraction of sp³-hybridized carbons (Fsp3) is 0.364. The molecule has 0 heterocycles. The van der Waals surface area contributed by atoms with E-state index < -0.39 is 0 Å². The fourth-order valence-electron chi connectivity index (χ4n) is 1.13. The maximum atomic E-state index is 10.1. The van der Waals surface area contributed by atoms with Crippen LogP contribution in [0.25, 0.3) is 0 Å². The first-order valence-corrected chi connectivity index (χ1v) is 4.36. The van der Waals surface area contributed by atoms with Gasteiger partial charge in [0.25, 0.3) is 0 Å². The number of phenols is 1. The lowest BCUT2D eigenvalue weighted by atomic mass is 9.87. The molecule has 0 atom stereocenters. The van der Waals surface area contributed by atoms with Crippen molar-refractivity contribution >= 4 is 11.8 Å². The van der Waals surface area contributed by atoms with Gasteiger partial charge in [-0.2, -0.15) is 4.99 Å². The number of phenolic OH excluding ortho intramolecular Hbond substituents is 1. The van der Waals surface area contributed by atoms with Gasteiger partial charge in [0.1, 0.15) is 11.4 Å². The SMILES string of the molecule is CC(C)(C)c1ccc(O)c(N=C=O)c1. The van der Waals surface area contributed by atoms with E-state index in [2.05, 4.69) is 4.99 Å². The Labute approximate surface area is 83.1 Å². The van der Waals surface area contributed by atoms with Crippen molar-refractivity contribution in [3.63, 3.8) is 0 Å². The first-order valence-electron chi connectivity index (χ1n) is 4.36. The van der Waals surface area contributed by atoms with Gasteiger partial charge in [-0.05, 0) is 23.1 Å². The summed E-state index contributed by atoms with van der Waals surface area (Å²) in [7, 11) is 0. The van der Waals surface area contributed by atoms with Gasteiger partial charge in [-0.15, -0.1) is 0 Å². The van der Waals surface area contributed by atoms with Crippen molar-refractivity contribution in [2.75, 3.05) is 0 Å². The fourth-order valence-corrected chi connectivity index (χ4v) is 1.13. The predicted octanol–water partition coefficient (Wildman–Crippen LogP) is 2.66. The summed E-state index contributed by atoms with van der Waals surface area (Å²) in [6, 6.07) is 5.05. The molecule has 3 nitrogen and oxygen atoms in total. The molecule has 0 bridgehead atoms. The normalized spacial score (nSPS) is 10.8. The van der Waals surface area contributed by atoms with Crippen LogP contribution in [0.2, 0.25) is 0 Å². The first-order chi connectivity index (χ1) is 6.45. The van der Waals surface area contributed by atoms with Gasteiger partial charge in [0.05, 0.1) is 0 Å². The number of isocyanates is 1. The molecule has 0 saturated heterocycles. The number of hydrogen-bond acceptors (Lipinski definition) is 3. The van der Waals surface area contributed by atoms with Crippen LogP contribution in [0.3, 0.4) is 0 Å². The molecule has 3 heteroatoms. The highest BCUT2D eigenvalue weighted by molar-refractivity contribution is 5.58. The molecule has 0 saturated carbocycles. The Bertz CT molecular complexity index is 385. The quantitative estimate of drug-likeness (QED) is 0.548. The van der Waals surface area contributed by atoms with E-state index in [0.29, 0.717) is 0 Å². The van der Waals surface area contributed by atoms with Crippen molar-refractivity contribution in [3.8, 4) is 5.75 Å². The molecule has 1 aromatic rings. The van der Waals surface area contributed by atoms with Gasteiger partial charge in [-0.1, -0.05) is 26.8 Å². The minimum absolute atomic E-state index is 0.00125. The smallest absolute Gasteiger partial charge is 0.240 e. The van der Waals surface area contributed by atoms with E-state index in [9.17, 15) is 9.90 Å². The van der Waals surface area contributed by atoms with E-state index in [1.54, 1.807) is 6.07 Å². The van der Waals surface area contributed by atoms with Crippen LogP contribution in [-0.4, -0.2) is 11.2 Å². The highest BCUT2D eigenvalue weighted by Crippen LogP contribution is 2.32. The third-order valence-corrected chi connectivity index (χ3v) is 2.01. The highest BCUT2D eigenvalue weighted by Gasteiger charge is 2.15. The number of aliphatic imine (C=N–C) groups is 1. The van der Waals surface area contributed by atoms with Crippen LogP contribution < -0.4 is 0 Å². The molecular formula is C11H13NO2. The van der Waals surface area contributed by atoms with Crippen LogP contribution in [-0.2, 0) is 10.2 Å². The summed E-state index contributed by atoms with van der Waals surface area (Å²) in [5, 5.41) is 9.36. The van der Waals surface area contributed by atoms with E-state index >= 15 is 0 Å². The zero-order valence-corrected chi connectivity index (χ0v) is 8.53. The third kappa shape index (κ3) is 2.21. The number of nitrogens with zero attached hydrogens (tertiary/aromatic N) is 1. The minimum atomic E-state index is -0.0269. The Balaban J connectivity index is 3.26. The van der Waals surface area contributed by atoms with E-state index in [1.165, 1.54) is 12.1 Å². The van der Waals surface area contributed by atoms with Crippen LogP contribution in [0.1, 0.15) is 26.3 Å². The van der Waals surface area contributed by atoms with Crippen molar-refractivity contribution in [1.82, 2.24) is 0 Å². The Morgan fingerprint density at radius 2 is 2.00 bits per heavy atom. The number of aromatic hydroxyl groups is 1. The summed E-state index contributed by atoms with van der Waals surface area (Å²) in [6.45, 7) is 6.15. The summed E-state index contributed by atoms with van der Waals surface area (Å²) in [6.07, 6.45) is 1.42. The molecule has 1 aromatic carbocycles. The van der Waals surface area contributed by atoms with Crippen molar-refractivity contribution in [1.29, 1.82) is 0 Å². The van der Waals surface area contributed by atoms with E-state index in [0.717, 1.165) is 5.56 Å². The molecule has 74 valence electrons. The van der Waals surface area contributed by atoms with Crippen molar-refractivity contribution in [2.24, 2.45) is 4.99 Å². The number of hydrogen-bond donors (Lipinski definition) is 1. The van der Waals surface area contributed by atoms with Gasteiger partial charge in [0.15, 0.2) is 0 Å².